The van der Waals surface area contributed by atoms with Gasteiger partial charge in [0.15, 0.2) is 6.29 Å². The third-order valence-electron chi connectivity index (χ3n) is 10.5. The van der Waals surface area contributed by atoms with E-state index in [9.17, 15) is 24.0 Å². The Hall–Kier alpha value is -5.90. The largest absolute Gasteiger partial charge is 0.460 e. The number of likely N-dealkylation sites (tertiary alicyclic amines) is 1. The van der Waals surface area contributed by atoms with Crippen LogP contribution in [0.5, 0.6) is 0 Å². The number of piperidine rings is 1. The molecule has 3 aromatic carbocycles. The highest BCUT2D eigenvalue weighted by Gasteiger charge is 2.25. The molecule has 15 nitrogen and oxygen atoms in total. The summed E-state index contributed by atoms with van der Waals surface area (Å²) in [4.78, 5) is 73.0. The van der Waals surface area contributed by atoms with E-state index in [-0.39, 0.29) is 35.5 Å². The van der Waals surface area contributed by atoms with Crippen LogP contribution in [0.25, 0.3) is 33.1 Å². The molecule has 0 radical (unpaired) electrons. The van der Waals surface area contributed by atoms with Crippen LogP contribution < -0.4 is 16.7 Å². The maximum absolute atomic E-state index is 12.3. The fourth-order valence-corrected chi connectivity index (χ4v) is 7.43. The number of esters is 1. The topological polar surface area (TPSA) is 170 Å². The van der Waals surface area contributed by atoms with Gasteiger partial charge in [0.2, 0.25) is 0 Å². The van der Waals surface area contributed by atoms with Gasteiger partial charge < -0.3 is 33.0 Å². The minimum absolute atomic E-state index is 0.0575. The normalized spacial score (nSPS) is 15.0. The van der Waals surface area contributed by atoms with Gasteiger partial charge in [0.05, 0.1) is 78.0 Å². The molecule has 0 saturated carbocycles. The number of benzene rings is 3. The molecule has 2 fully saturated rings. The first kappa shape index (κ1) is 44.6. The molecule has 2 saturated heterocycles. The Bertz CT molecular complexity index is 2670. The molecule has 0 N–H and O–H groups in total. The first-order chi connectivity index (χ1) is 29.2. The summed E-state index contributed by atoms with van der Waals surface area (Å²) in [5.41, 5.74) is 7.19. The highest BCUT2D eigenvalue weighted by Crippen LogP contribution is 2.23. The Labute approximate surface area is 353 Å². The molecule has 8 rings (SSSR count). The molecule has 0 atom stereocenters. The number of hydrogen-bond acceptors (Lipinski definition) is 12. The number of ether oxygens (including phenoxy) is 3. The Morgan fingerprint density at radius 2 is 1.16 bits per heavy atom. The Morgan fingerprint density at radius 3 is 1.66 bits per heavy atom. The predicted molar refractivity (Wildman–Crippen MR) is 234 cm³/mol. The molecule has 15 heteroatoms. The van der Waals surface area contributed by atoms with Crippen molar-refractivity contribution in [1.82, 2.24) is 33.6 Å². The van der Waals surface area contributed by atoms with Crippen molar-refractivity contribution in [3.63, 3.8) is 0 Å². The Balaban J connectivity index is 0.000000162. The Morgan fingerprint density at radius 1 is 0.705 bits per heavy atom. The lowest BCUT2D eigenvalue weighted by atomic mass is 9.93. The van der Waals surface area contributed by atoms with E-state index in [2.05, 4.69) is 19.9 Å². The molecular formula is C46H55N7O8. The van der Waals surface area contributed by atoms with Crippen LogP contribution in [0.15, 0.2) is 87.6 Å². The number of carbonyl (C=O) groups excluding carboxylic acids is 2. The zero-order valence-electron chi connectivity index (χ0n) is 35.8. The number of nitrogens with zero attached hydrogens (tertiary/aromatic N) is 7. The average Bonchev–Trinajstić information content (AvgIpc) is 3.74. The summed E-state index contributed by atoms with van der Waals surface area (Å²) in [5.74, 6) is 0.286. The number of hydrogen-bond donors (Lipinski definition) is 0. The molecule has 2 aliphatic heterocycles. The van der Waals surface area contributed by atoms with Gasteiger partial charge in [-0.3, -0.25) is 23.7 Å². The van der Waals surface area contributed by atoms with Crippen molar-refractivity contribution >= 4 is 45.4 Å². The summed E-state index contributed by atoms with van der Waals surface area (Å²) in [6.45, 7) is 16.7. The van der Waals surface area contributed by atoms with Gasteiger partial charge >= 0.3 is 5.97 Å². The van der Waals surface area contributed by atoms with E-state index in [4.69, 9.17) is 14.2 Å². The molecule has 5 heterocycles. The van der Waals surface area contributed by atoms with E-state index < -0.39 is 5.60 Å². The third kappa shape index (κ3) is 12.1. The monoisotopic (exact) mass is 833 g/mol. The summed E-state index contributed by atoms with van der Waals surface area (Å²) in [7, 11) is 0. The van der Waals surface area contributed by atoms with Crippen LogP contribution in [0, 0.1) is 26.7 Å². The van der Waals surface area contributed by atoms with E-state index >= 15 is 0 Å². The van der Waals surface area contributed by atoms with Crippen LogP contribution >= 0.6 is 0 Å². The quantitative estimate of drug-likeness (QED) is 0.139. The van der Waals surface area contributed by atoms with Gasteiger partial charge in [0.1, 0.15) is 11.9 Å². The third-order valence-corrected chi connectivity index (χ3v) is 10.5. The summed E-state index contributed by atoms with van der Waals surface area (Å²) in [5, 5.41) is 0. The lowest BCUT2D eigenvalue weighted by Crippen LogP contribution is -2.38. The molecule has 322 valence electrons. The second-order valence-corrected chi connectivity index (χ2v) is 16.6. The summed E-state index contributed by atoms with van der Waals surface area (Å²) >= 11 is 0. The molecule has 61 heavy (non-hydrogen) atoms. The van der Waals surface area contributed by atoms with Crippen molar-refractivity contribution in [3.05, 3.63) is 121 Å². The van der Waals surface area contributed by atoms with Gasteiger partial charge in [-0.05, 0) is 126 Å². The van der Waals surface area contributed by atoms with E-state index in [0.29, 0.717) is 50.4 Å². The number of aromatic nitrogens is 6. The van der Waals surface area contributed by atoms with Crippen LogP contribution in [0.3, 0.4) is 0 Å². The standard InChI is InChI=1S/C22H31N3O3.C13H14N2O3.C11H10N2O2/c1-16-5-6-18-19(13-16)25(20(26)15-23-18)12-11-24-9-7-17(8-10-24)14-21(27)28-22(2,3)4;1-9-2-3-10-11(6-9)15(12(16)7-14-10)8-13-17-4-5-18-13;1-8-2-3-9-10(6-8)13(4-5-14)11(15)7-12-9/h5-6,13,15,17H,7-12,14H2,1-4H3;2-3,6-7,13H,4-5,8H2,1H3;2-3,5-7H,4H2,1H3. The molecule has 3 aromatic heterocycles. The van der Waals surface area contributed by atoms with Gasteiger partial charge in [-0.1, -0.05) is 18.2 Å². The van der Waals surface area contributed by atoms with E-state index in [1.165, 1.54) is 23.2 Å². The zero-order valence-corrected chi connectivity index (χ0v) is 35.8. The minimum atomic E-state index is -0.420. The van der Waals surface area contributed by atoms with Crippen molar-refractivity contribution in [2.24, 2.45) is 5.92 Å². The molecular weight excluding hydrogens is 779 g/mol. The van der Waals surface area contributed by atoms with Crippen molar-refractivity contribution in [2.75, 3.05) is 32.8 Å². The summed E-state index contributed by atoms with van der Waals surface area (Å²) < 4.78 is 21.1. The highest BCUT2D eigenvalue weighted by atomic mass is 16.7. The summed E-state index contributed by atoms with van der Waals surface area (Å²) in [6, 6.07) is 17.5. The van der Waals surface area contributed by atoms with E-state index in [1.54, 1.807) is 4.57 Å². The highest BCUT2D eigenvalue weighted by molar-refractivity contribution is 5.77. The van der Waals surface area contributed by atoms with Crippen LogP contribution in [-0.2, 0) is 43.4 Å². The number of aryl methyl sites for hydroxylation is 3. The van der Waals surface area contributed by atoms with E-state index in [1.807, 2.05) is 101 Å². The number of fused-ring (bicyclic) bond motifs is 3. The van der Waals surface area contributed by atoms with Gasteiger partial charge in [-0.15, -0.1) is 0 Å². The average molecular weight is 834 g/mol. The first-order valence-corrected chi connectivity index (χ1v) is 20.7. The van der Waals surface area contributed by atoms with Crippen LogP contribution in [-0.4, -0.2) is 90.5 Å². The molecule has 0 unspecified atom stereocenters. The second kappa shape index (κ2) is 20.1. The molecule has 6 aromatic rings. The second-order valence-electron chi connectivity index (χ2n) is 16.6. The fraction of sp³-hybridized carbons (Fsp3) is 0.435. The van der Waals surface area contributed by atoms with Crippen LogP contribution in [0.1, 0.15) is 56.7 Å². The summed E-state index contributed by atoms with van der Waals surface area (Å²) in [6.07, 6.45) is 6.84. The Kier molecular flexibility index (Phi) is 14.7. The molecule has 0 bridgehead atoms. The molecule has 0 spiro atoms. The van der Waals surface area contributed by atoms with Crippen molar-refractivity contribution < 1.29 is 23.8 Å². The minimum Gasteiger partial charge on any atom is -0.460 e. The van der Waals surface area contributed by atoms with Gasteiger partial charge in [0.25, 0.3) is 16.7 Å². The van der Waals surface area contributed by atoms with Crippen LogP contribution in [0.4, 0.5) is 0 Å². The SMILES string of the molecule is Cc1ccc2ncc(=O)n(CC3OCCO3)c2c1.Cc1ccc2ncc(=O)n(CC=O)c2c1.Cc1ccc2ncc(=O)n(CCN3CCC(CC(=O)OC(C)(C)C)CC3)c2c1. The van der Waals surface area contributed by atoms with Gasteiger partial charge in [0, 0.05) is 19.5 Å². The lowest BCUT2D eigenvalue weighted by Gasteiger charge is -2.32. The first-order valence-electron chi connectivity index (χ1n) is 20.7. The van der Waals surface area contributed by atoms with Gasteiger partial charge in [-0.25, -0.2) is 15.0 Å². The molecule has 2 aliphatic rings. The number of carbonyl (C=O) groups is 2. The van der Waals surface area contributed by atoms with Gasteiger partial charge in [-0.2, -0.15) is 0 Å². The smallest absolute Gasteiger partial charge is 0.306 e. The predicted octanol–water partition coefficient (Wildman–Crippen LogP) is 5.13. The van der Waals surface area contributed by atoms with Crippen LogP contribution in [0.2, 0.25) is 0 Å². The molecule has 0 amide bonds. The van der Waals surface area contributed by atoms with Crippen molar-refractivity contribution in [2.45, 2.75) is 92.3 Å². The maximum atomic E-state index is 12.3. The lowest BCUT2D eigenvalue weighted by molar-refractivity contribution is -0.156. The fourth-order valence-electron chi connectivity index (χ4n) is 7.43. The molecule has 0 aliphatic carbocycles. The van der Waals surface area contributed by atoms with Crippen molar-refractivity contribution in [1.29, 1.82) is 0 Å². The van der Waals surface area contributed by atoms with E-state index in [0.717, 1.165) is 76.7 Å². The number of rotatable bonds is 9. The number of aldehydes is 1. The maximum Gasteiger partial charge on any atom is 0.306 e. The zero-order chi connectivity index (χ0) is 43.7. The van der Waals surface area contributed by atoms with Crippen molar-refractivity contribution in [3.8, 4) is 0 Å².